The van der Waals surface area contributed by atoms with Crippen molar-refractivity contribution < 1.29 is 9.53 Å². The fraction of sp³-hybridized carbons (Fsp3) is 0.368. The molecule has 1 amide bonds. The maximum Gasteiger partial charge on any atom is 0.248 e. The van der Waals surface area contributed by atoms with Gasteiger partial charge in [0, 0.05) is 17.9 Å². The Bertz CT molecular complexity index is 941. The highest BCUT2D eigenvalue weighted by Gasteiger charge is 2.22. The van der Waals surface area contributed by atoms with Crippen LogP contribution in [0, 0.1) is 13.8 Å². The van der Waals surface area contributed by atoms with E-state index < -0.39 is 0 Å². The van der Waals surface area contributed by atoms with Gasteiger partial charge in [0.1, 0.15) is 6.10 Å². The van der Waals surface area contributed by atoms with Gasteiger partial charge in [-0.1, -0.05) is 18.2 Å². The van der Waals surface area contributed by atoms with Crippen molar-refractivity contribution in [3.05, 3.63) is 53.1 Å². The molecule has 8 nitrogen and oxygen atoms in total. The van der Waals surface area contributed by atoms with Crippen molar-refractivity contribution in [2.75, 3.05) is 11.9 Å². The molecule has 140 valence electrons. The smallest absolute Gasteiger partial charge is 0.248 e. The monoisotopic (exact) mass is 366 g/mol. The predicted molar refractivity (Wildman–Crippen MR) is 99.7 cm³/mol. The Labute approximate surface area is 157 Å². The third kappa shape index (κ3) is 3.61. The van der Waals surface area contributed by atoms with E-state index in [2.05, 4.69) is 25.6 Å². The first-order chi connectivity index (χ1) is 13.1. The maximum absolute atomic E-state index is 12.5. The van der Waals surface area contributed by atoms with Crippen LogP contribution >= 0.6 is 0 Å². The van der Waals surface area contributed by atoms with Gasteiger partial charge in [0.15, 0.2) is 5.82 Å². The molecule has 2 aromatic heterocycles. The first kappa shape index (κ1) is 17.4. The van der Waals surface area contributed by atoms with Gasteiger partial charge in [0.2, 0.25) is 11.9 Å². The number of anilines is 1. The zero-order valence-electron chi connectivity index (χ0n) is 15.4. The zero-order valence-corrected chi connectivity index (χ0v) is 15.4. The lowest BCUT2D eigenvalue weighted by Gasteiger charge is -2.05. The number of aromatic amines is 1. The Morgan fingerprint density at radius 1 is 1.33 bits per heavy atom. The summed E-state index contributed by atoms with van der Waals surface area (Å²) in [6.45, 7) is 4.62. The van der Waals surface area contributed by atoms with E-state index in [1.807, 2.05) is 48.9 Å². The molecule has 1 unspecified atom stereocenters. The fourth-order valence-electron chi connectivity index (χ4n) is 3.35. The third-order valence-corrected chi connectivity index (χ3v) is 4.77. The molecule has 0 aliphatic carbocycles. The predicted octanol–water partition coefficient (Wildman–Crippen LogP) is 2.64. The number of hydrogen-bond acceptors (Lipinski definition) is 5. The molecule has 4 rings (SSSR count). The van der Waals surface area contributed by atoms with Crippen molar-refractivity contribution in [3.63, 3.8) is 0 Å². The second-order valence-electron chi connectivity index (χ2n) is 6.67. The van der Waals surface area contributed by atoms with Gasteiger partial charge in [-0.25, -0.2) is 4.68 Å². The van der Waals surface area contributed by atoms with Crippen LogP contribution in [0.5, 0.6) is 0 Å². The summed E-state index contributed by atoms with van der Waals surface area (Å²) in [7, 11) is 0. The Morgan fingerprint density at radius 3 is 2.89 bits per heavy atom. The number of nitrogens with zero attached hydrogens (tertiary/aromatic N) is 4. The SMILES string of the molecule is Cc1nn(-c2ccccc2)c(C)c1CC(=O)Nc1n[nH]c(C2CCCO2)n1. The number of carbonyl (C=O) groups excluding carboxylic acids is 1. The van der Waals surface area contributed by atoms with Crippen molar-refractivity contribution in [3.8, 4) is 5.69 Å². The van der Waals surface area contributed by atoms with Crippen LogP contribution in [-0.2, 0) is 16.0 Å². The number of amides is 1. The summed E-state index contributed by atoms with van der Waals surface area (Å²) < 4.78 is 7.43. The number of benzene rings is 1. The first-order valence-corrected chi connectivity index (χ1v) is 9.06. The van der Waals surface area contributed by atoms with Crippen molar-refractivity contribution in [1.29, 1.82) is 0 Å². The highest BCUT2D eigenvalue weighted by molar-refractivity contribution is 5.90. The van der Waals surface area contributed by atoms with Gasteiger partial charge in [-0.05, 0) is 38.8 Å². The highest BCUT2D eigenvalue weighted by Crippen LogP contribution is 2.26. The second kappa shape index (κ2) is 7.32. The summed E-state index contributed by atoms with van der Waals surface area (Å²) in [6, 6.07) is 9.87. The standard InChI is InChI=1S/C19H22N6O2/c1-12-15(13(2)25(24-12)14-7-4-3-5-8-14)11-17(26)20-19-21-18(22-23-19)16-9-6-10-27-16/h3-5,7-8,16H,6,9-11H2,1-2H3,(H2,20,21,22,23,26). The Balaban J connectivity index is 1.46. The van der Waals surface area contributed by atoms with E-state index in [-0.39, 0.29) is 24.4 Å². The van der Waals surface area contributed by atoms with Crippen molar-refractivity contribution in [2.45, 2.75) is 39.2 Å². The van der Waals surface area contributed by atoms with Crippen molar-refractivity contribution in [1.82, 2.24) is 25.0 Å². The van der Waals surface area contributed by atoms with E-state index in [0.717, 1.165) is 42.1 Å². The van der Waals surface area contributed by atoms with Crippen LogP contribution in [0.4, 0.5) is 5.95 Å². The molecule has 27 heavy (non-hydrogen) atoms. The summed E-state index contributed by atoms with van der Waals surface area (Å²) in [5.74, 6) is 0.759. The van der Waals surface area contributed by atoms with Crippen LogP contribution in [0.25, 0.3) is 5.69 Å². The van der Waals surface area contributed by atoms with E-state index in [4.69, 9.17) is 4.74 Å². The molecule has 8 heteroatoms. The topological polar surface area (TPSA) is 97.7 Å². The molecule has 1 atom stereocenters. The molecule has 1 saturated heterocycles. The molecule has 1 fully saturated rings. The number of H-pyrrole nitrogens is 1. The minimum Gasteiger partial charge on any atom is -0.370 e. The van der Waals surface area contributed by atoms with Crippen LogP contribution in [0.15, 0.2) is 30.3 Å². The van der Waals surface area contributed by atoms with E-state index in [0.29, 0.717) is 5.82 Å². The molecule has 3 heterocycles. The average molecular weight is 366 g/mol. The Morgan fingerprint density at radius 2 is 2.15 bits per heavy atom. The number of hydrogen-bond donors (Lipinski definition) is 2. The number of carbonyl (C=O) groups is 1. The third-order valence-electron chi connectivity index (χ3n) is 4.77. The molecule has 0 bridgehead atoms. The number of nitrogens with one attached hydrogen (secondary N) is 2. The normalized spacial score (nSPS) is 16.6. The van der Waals surface area contributed by atoms with Gasteiger partial charge < -0.3 is 4.74 Å². The lowest BCUT2D eigenvalue weighted by atomic mass is 10.1. The molecule has 1 aromatic carbocycles. The van der Waals surface area contributed by atoms with Crippen molar-refractivity contribution in [2.24, 2.45) is 0 Å². The molecule has 0 spiro atoms. The van der Waals surface area contributed by atoms with E-state index in [9.17, 15) is 4.79 Å². The minimum absolute atomic E-state index is 0.0586. The minimum atomic E-state index is -0.174. The number of ether oxygens (including phenoxy) is 1. The van der Waals surface area contributed by atoms with E-state index in [1.165, 1.54) is 0 Å². The van der Waals surface area contributed by atoms with Gasteiger partial charge >= 0.3 is 0 Å². The molecule has 0 saturated carbocycles. The van der Waals surface area contributed by atoms with E-state index >= 15 is 0 Å². The van der Waals surface area contributed by atoms with Gasteiger partial charge in [-0.3, -0.25) is 15.2 Å². The number of aryl methyl sites for hydroxylation is 1. The summed E-state index contributed by atoms with van der Waals surface area (Å²) in [6.07, 6.45) is 2.09. The van der Waals surface area contributed by atoms with E-state index in [1.54, 1.807) is 0 Å². The lowest BCUT2D eigenvalue weighted by Crippen LogP contribution is -2.16. The molecule has 1 aliphatic rings. The van der Waals surface area contributed by atoms with Crippen LogP contribution in [-0.4, -0.2) is 37.5 Å². The first-order valence-electron chi connectivity index (χ1n) is 9.06. The number of aromatic nitrogens is 5. The highest BCUT2D eigenvalue weighted by atomic mass is 16.5. The van der Waals surface area contributed by atoms with Gasteiger partial charge in [0.05, 0.1) is 17.8 Å². The quantitative estimate of drug-likeness (QED) is 0.723. The number of rotatable bonds is 5. The summed E-state index contributed by atoms with van der Waals surface area (Å²) in [5.41, 5.74) is 3.66. The van der Waals surface area contributed by atoms with Crippen molar-refractivity contribution >= 4 is 11.9 Å². The summed E-state index contributed by atoms with van der Waals surface area (Å²) in [5, 5.41) is 14.3. The van der Waals surface area contributed by atoms with Gasteiger partial charge in [0.25, 0.3) is 0 Å². The largest absolute Gasteiger partial charge is 0.370 e. The summed E-state index contributed by atoms with van der Waals surface area (Å²) >= 11 is 0. The van der Waals surface area contributed by atoms with Gasteiger partial charge in [-0.15, -0.1) is 5.10 Å². The Hall–Kier alpha value is -3.00. The van der Waals surface area contributed by atoms with Crippen LogP contribution in [0.3, 0.4) is 0 Å². The molecule has 2 N–H and O–H groups in total. The molecule has 0 radical (unpaired) electrons. The zero-order chi connectivity index (χ0) is 18.8. The lowest BCUT2D eigenvalue weighted by molar-refractivity contribution is -0.115. The van der Waals surface area contributed by atoms with Crippen LogP contribution in [0.2, 0.25) is 0 Å². The second-order valence-corrected chi connectivity index (χ2v) is 6.67. The fourth-order valence-corrected chi connectivity index (χ4v) is 3.35. The summed E-state index contributed by atoms with van der Waals surface area (Å²) in [4.78, 5) is 16.8. The molecular formula is C19H22N6O2. The molecule has 3 aromatic rings. The van der Waals surface area contributed by atoms with Gasteiger partial charge in [-0.2, -0.15) is 10.1 Å². The molecular weight excluding hydrogens is 344 g/mol. The molecule has 1 aliphatic heterocycles. The number of para-hydroxylation sites is 1. The Kier molecular flexibility index (Phi) is 4.72. The van der Waals surface area contributed by atoms with Crippen LogP contribution < -0.4 is 5.32 Å². The maximum atomic E-state index is 12.5. The van der Waals surface area contributed by atoms with Crippen LogP contribution in [0.1, 0.15) is 41.7 Å². The average Bonchev–Trinajstić information content (AvgIpc) is 3.40.